The molecule has 6 heteroatoms. The van der Waals surface area contributed by atoms with E-state index in [1.807, 2.05) is 0 Å². The van der Waals surface area contributed by atoms with Gasteiger partial charge < -0.3 is 10.3 Å². The van der Waals surface area contributed by atoms with Crippen molar-refractivity contribution in [3.8, 4) is 0 Å². The van der Waals surface area contributed by atoms with Crippen LogP contribution in [-0.4, -0.2) is 22.4 Å². The number of carbonyl (C=O) groups excluding carboxylic acids is 1. The van der Waals surface area contributed by atoms with Gasteiger partial charge in [0.25, 0.3) is 5.56 Å². The predicted molar refractivity (Wildman–Crippen MR) is 109 cm³/mol. The quantitative estimate of drug-likeness (QED) is 0.743. The first kappa shape index (κ1) is 18.4. The highest BCUT2D eigenvalue weighted by Gasteiger charge is 2.19. The number of hydrogen-bond acceptors (Lipinski definition) is 4. The highest BCUT2D eigenvalue weighted by Crippen LogP contribution is 2.33. The van der Waals surface area contributed by atoms with Crippen LogP contribution < -0.4 is 10.9 Å². The molecule has 4 rings (SSSR count). The van der Waals surface area contributed by atoms with E-state index in [4.69, 9.17) is 0 Å². The third-order valence-corrected chi connectivity index (χ3v) is 6.80. The molecule has 2 aliphatic carbocycles. The number of thiophene rings is 1. The van der Waals surface area contributed by atoms with Crippen LogP contribution in [0, 0.1) is 0 Å². The highest BCUT2D eigenvalue weighted by atomic mass is 32.1. The van der Waals surface area contributed by atoms with Crippen molar-refractivity contribution in [2.45, 2.75) is 70.6 Å². The lowest BCUT2D eigenvalue weighted by Crippen LogP contribution is -2.25. The zero-order valence-electron chi connectivity index (χ0n) is 15.7. The molecule has 0 atom stereocenters. The zero-order valence-corrected chi connectivity index (χ0v) is 16.6. The highest BCUT2D eigenvalue weighted by molar-refractivity contribution is 7.18. The maximum Gasteiger partial charge on any atom is 0.259 e. The van der Waals surface area contributed by atoms with E-state index in [2.05, 4.69) is 21.4 Å². The van der Waals surface area contributed by atoms with E-state index in [9.17, 15) is 9.59 Å². The molecule has 5 nitrogen and oxygen atoms in total. The minimum absolute atomic E-state index is 0.0274. The van der Waals surface area contributed by atoms with Crippen LogP contribution >= 0.6 is 11.3 Å². The Morgan fingerprint density at radius 1 is 1.15 bits per heavy atom. The molecule has 0 saturated carbocycles. The lowest BCUT2D eigenvalue weighted by Gasteiger charge is -2.12. The number of aromatic nitrogens is 2. The van der Waals surface area contributed by atoms with Gasteiger partial charge in [-0.2, -0.15) is 0 Å². The van der Waals surface area contributed by atoms with Crippen LogP contribution in [0.1, 0.15) is 67.6 Å². The van der Waals surface area contributed by atoms with E-state index in [1.54, 1.807) is 11.3 Å². The standard InChI is InChI=1S/C21H27N3O2S/c25-18(22-13-12-14-6-2-1-3-7-14)11-10-17-23-20(26)19-15-8-4-5-9-16(15)27-21(19)24-17/h6H,1-5,7-13H2,(H,22,25)(H,23,24,26). The zero-order chi connectivity index (χ0) is 18.6. The fraction of sp³-hybridized carbons (Fsp3) is 0.571. The third kappa shape index (κ3) is 4.32. The van der Waals surface area contributed by atoms with Gasteiger partial charge in [0.1, 0.15) is 10.7 Å². The van der Waals surface area contributed by atoms with Gasteiger partial charge in [-0.05, 0) is 63.4 Å². The summed E-state index contributed by atoms with van der Waals surface area (Å²) in [5.74, 6) is 0.649. The van der Waals surface area contributed by atoms with E-state index >= 15 is 0 Å². The van der Waals surface area contributed by atoms with Gasteiger partial charge in [-0.3, -0.25) is 9.59 Å². The lowest BCUT2D eigenvalue weighted by molar-refractivity contribution is -0.121. The molecule has 0 saturated heterocycles. The second-order valence-corrected chi connectivity index (χ2v) is 8.70. The van der Waals surface area contributed by atoms with Gasteiger partial charge in [0.05, 0.1) is 5.39 Å². The number of fused-ring (bicyclic) bond motifs is 3. The smallest absolute Gasteiger partial charge is 0.259 e. The molecule has 0 radical (unpaired) electrons. The van der Waals surface area contributed by atoms with E-state index in [1.165, 1.54) is 48.1 Å². The van der Waals surface area contributed by atoms with Crippen LogP contribution in [0.2, 0.25) is 0 Å². The Morgan fingerprint density at radius 2 is 2.00 bits per heavy atom. The van der Waals surface area contributed by atoms with E-state index in [-0.39, 0.29) is 11.5 Å². The van der Waals surface area contributed by atoms with Gasteiger partial charge in [-0.25, -0.2) is 4.98 Å². The summed E-state index contributed by atoms with van der Waals surface area (Å²) in [6.45, 7) is 0.700. The summed E-state index contributed by atoms with van der Waals surface area (Å²) in [6.07, 6.45) is 13.4. The molecular weight excluding hydrogens is 358 g/mol. The van der Waals surface area contributed by atoms with Crippen LogP contribution in [0.25, 0.3) is 10.2 Å². The van der Waals surface area contributed by atoms with Crippen LogP contribution in [0.3, 0.4) is 0 Å². The van der Waals surface area contributed by atoms with Crippen molar-refractivity contribution in [3.63, 3.8) is 0 Å². The number of allylic oxidation sites excluding steroid dienone is 1. The molecule has 2 aromatic heterocycles. The first-order valence-corrected chi connectivity index (χ1v) is 11.0. The molecule has 27 heavy (non-hydrogen) atoms. The van der Waals surface area contributed by atoms with E-state index < -0.39 is 0 Å². The Kier molecular flexibility index (Phi) is 5.72. The molecule has 2 N–H and O–H groups in total. The first-order valence-electron chi connectivity index (χ1n) is 10.2. The van der Waals surface area contributed by atoms with Crippen molar-refractivity contribution in [1.29, 1.82) is 0 Å². The minimum Gasteiger partial charge on any atom is -0.356 e. The van der Waals surface area contributed by atoms with Gasteiger partial charge in [-0.1, -0.05) is 11.6 Å². The number of hydrogen-bond donors (Lipinski definition) is 2. The van der Waals surface area contributed by atoms with Crippen molar-refractivity contribution in [2.75, 3.05) is 6.54 Å². The summed E-state index contributed by atoms with van der Waals surface area (Å²) < 4.78 is 0. The lowest BCUT2D eigenvalue weighted by atomic mass is 9.97. The summed E-state index contributed by atoms with van der Waals surface area (Å²) in [5.41, 5.74) is 2.63. The fourth-order valence-corrected chi connectivity index (χ4v) is 5.42. The molecule has 2 aliphatic rings. The predicted octanol–water partition coefficient (Wildman–Crippen LogP) is 3.80. The molecule has 0 fully saturated rings. The van der Waals surface area contributed by atoms with Crippen LogP contribution in [0.5, 0.6) is 0 Å². The van der Waals surface area contributed by atoms with Gasteiger partial charge in [0.15, 0.2) is 0 Å². The molecular formula is C21H27N3O2S. The first-order chi connectivity index (χ1) is 13.2. The van der Waals surface area contributed by atoms with Gasteiger partial charge in [-0.15, -0.1) is 11.3 Å². The molecule has 0 bridgehead atoms. The largest absolute Gasteiger partial charge is 0.356 e. The van der Waals surface area contributed by atoms with E-state index in [0.717, 1.165) is 35.9 Å². The Balaban J connectivity index is 1.34. The number of aryl methyl sites for hydroxylation is 3. The molecule has 144 valence electrons. The fourth-order valence-electron chi connectivity index (χ4n) is 4.14. The van der Waals surface area contributed by atoms with Crippen molar-refractivity contribution >= 4 is 27.5 Å². The van der Waals surface area contributed by atoms with E-state index in [0.29, 0.717) is 25.2 Å². The molecule has 0 unspecified atom stereocenters. The number of aromatic amines is 1. The second-order valence-electron chi connectivity index (χ2n) is 7.61. The SMILES string of the molecule is O=C(CCc1nc2sc3c(c2c(=O)[nH]1)CCCC3)NCCC1=CCCCC1. The topological polar surface area (TPSA) is 74.8 Å². The van der Waals surface area contributed by atoms with Crippen molar-refractivity contribution in [2.24, 2.45) is 0 Å². The maximum absolute atomic E-state index is 12.5. The number of rotatable bonds is 6. The second kappa shape index (κ2) is 8.38. The summed E-state index contributed by atoms with van der Waals surface area (Å²) >= 11 is 1.65. The van der Waals surface area contributed by atoms with Gasteiger partial charge in [0, 0.05) is 24.3 Å². The Morgan fingerprint density at radius 3 is 2.85 bits per heavy atom. The minimum atomic E-state index is -0.0426. The van der Waals surface area contributed by atoms with Crippen molar-refractivity contribution < 1.29 is 4.79 Å². The maximum atomic E-state index is 12.5. The van der Waals surface area contributed by atoms with Crippen LogP contribution in [-0.2, 0) is 24.1 Å². The summed E-state index contributed by atoms with van der Waals surface area (Å²) in [5, 5.41) is 3.78. The summed E-state index contributed by atoms with van der Waals surface area (Å²) in [7, 11) is 0. The Hall–Kier alpha value is -1.95. The third-order valence-electron chi connectivity index (χ3n) is 5.62. The molecule has 0 aromatic carbocycles. The summed E-state index contributed by atoms with van der Waals surface area (Å²) in [6, 6.07) is 0. The monoisotopic (exact) mass is 385 g/mol. The molecule has 2 aromatic rings. The van der Waals surface area contributed by atoms with Crippen molar-refractivity contribution in [3.05, 3.63) is 38.3 Å². The average Bonchev–Trinajstić information content (AvgIpc) is 3.06. The number of nitrogens with one attached hydrogen (secondary N) is 2. The molecule has 2 heterocycles. The number of amides is 1. The molecule has 0 aliphatic heterocycles. The van der Waals surface area contributed by atoms with Crippen molar-refractivity contribution in [1.82, 2.24) is 15.3 Å². The summed E-state index contributed by atoms with van der Waals surface area (Å²) in [4.78, 5) is 34.3. The van der Waals surface area contributed by atoms with Crippen LogP contribution in [0.4, 0.5) is 0 Å². The molecule has 1 amide bonds. The van der Waals surface area contributed by atoms with Gasteiger partial charge >= 0.3 is 0 Å². The van der Waals surface area contributed by atoms with Gasteiger partial charge in [0.2, 0.25) is 5.91 Å². The average molecular weight is 386 g/mol. The Bertz CT molecular complexity index is 925. The number of H-pyrrole nitrogens is 1. The molecule has 0 spiro atoms. The number of nitrogens with zero attached hydrogens (tertiary/aromatic N) is 1. The normalized spacial score (nSPS) is 16.8. The van der Waals surface area contributed by atoms with Crippen LogP contribution in [0.15, 0.2) is 16.4 Å². The number of carbonyl (C=O) groups is 1. The Labute approximate surface area is 163 Å².